The van der Waals surface area contributed by atoms with E-state index in [1.165, 1.54) is 56.3 Å². The molecule has 1 heterocycles. The summed E-state index contributed by atoms with van der Waals surface area (Å²) in [6.45, 7) is 3.34. The van der Waals surface area contributed by atoms with Gasteiger partial charge >= 0.3 is 0 Å². The fourth-order valence-electron chi connectivity index (χ4n) is 3.78. The average molecular weight is 244 g/mol. The molecule has 98 valence electrons. The van der Waals surface area contributed by atoms with Crippen LogP contribution >= 0.6 is 0 Å². The molecular weight excluding hydrogens is 220 g/mol. The Kier molecular flexibility index (Phi) is 3.19. The minimum atomic E-state index is 0.788. The molecule has 2 fully saturated rings. The summed E-state index contributed by atoms with van der Waals surface area (Å²) in [5.74, 6) is 0.936. The van der Waals surface area contributed by atoms with Crippen LogP contribution in [0.4, 0.5) is 11.4 Å². The summed E-state index contributed by atoms with van der Waals surface area (Å²) in [5.41, 5.74) is 9.44. The number of anilines is 2. The smallest absolute Gasteiger partial charge is 0.0372 e. The molecule has 2 heteroatoms. The van der Waals surface area contributed by atoms with Crippen LogP contribution in [0.25, 0.3) is 0 Å². The second-order valence-corrected chi connectivity index (χ2v) is 5.99. The molecule has 1 saturated heterocycles. The normalized spacial score (nSPS) is 24.9. The minimum absolute atomic E-state index is 0.788. The Balaban J connectivity index is 1.82. The Morgan fingerprint density at radius 2 is 1.89 bits per heavy atom. The van der Waals surface area contributed by atoms with Crippen molar-refractivity contribution >= 4 is 11.4 Å². The molecule has 1 unspecified atom stereocenters. The quantitative estimate of drug-likeness (QED) is 0.803. The van der Waals surface area contributed by atoms with Crippen molar-refractivity contribution in [3.8, 4) is 0 Å². The van der Waals surface area contributed by atoms with Gasteiger partial charge in [0.2, 0.25) is 0 Å². The maximum absolute atomic E-state index is 5.93. The van der Waals surface area contributed by atoms with E-state index in [0.717, 1.165) is 17.6 Å². The van der Waals surface area contributed by atoms with Crippen molar-refractivity contribution in [3.05, 3.63) is 23.8 Å². The highest BCUT2D eigenvalue weighted by Crippen LogP contribution is 2.38. The highest BCUT2D eigenvalue weighted by molar-refractivity contribution is 5.59. The minimum Gasteiger partial charge on any atom is -0.399 e. The van der Waals surface area contributed by atoms with Crippen LogP contribution in [0.15, 0.2) is 18.2 Å². The molecule has 0 spiro atoms. The molecule has 0 aromatic heterocycles. The van der Waals surface area contributed by atoms with Gasteiger partial charge in [-0.3, -0.25) is 0 Å². The Morgan fingerprint density at radius 1 is 1.11 bits per heavy atom. The summed E-state index contributed by atoms with van der Waals surface area (Å²) >= 11 is 0. The van der Waals surface area contributed by atoms with Crippen LogP contribution in [-0.2, 0) is 0 Å². The van der Waals surface area contributed by atoms with Gasteiger partial charge in [-0.1, -0.05) is 12.8 Å². The monoisotopic (exact) mass is 244 g/mol. The lowest BCUT2D eigenvalue weighted by Gasteiger charge is -2.31. The van der Waals surface area contributed by atoms with Crippen molar-refractivity contribution in [1.82, 2.24) is 0 Å². The van der Waals surface area contributed by atoms with E-state index >= 15 is 0 Å². The molecule has 1 aliphatic heterocycles. The number of nitrogens with zero attached hydrogens (tertiary/aromatic N) is 1. The first-order chi connectivity index (χ1) is 8.75. The predicted molar refractivity (Wildman–Crippen MR) is 77.9 cm³/mol. The molecule has 3 rings (SSSR count). The lowest BCUT2D eigenvalue weighted by atomic mass is 9.95. The van der Waals surface area contributed by atoms with Crippen LogP contribution in [0, 0.1) is 12.8 Å². The molecule has 2 nitrogen and oxygen atoms in total. The van der Waals surface area contributed by atoms with Gasteiger partial charge in [0.1, 0.15) is 0 Å². The van der Waals surface area contributed by atoms with Gasteiger partial charge in [-0.2, -0.15) is 0 Å². The average Bonchev–Trinajstić information content (AvgIpc) is 3.00. The summed E-state index contributed by atoms with van der Waals surface area (Å²) in [5, 5.41) is 0. The van der Waals surface area contributed by atoms with Gasteiger partial charge in [0.25, 0.3) is 0 Å². The number of rotatable bonds is 2. The van der Waals surface area contributed by atoms with E-state index in [1.807, 2.05) is 0 Å². The standard InChI is InChI=1S/C16H24N2/c1-12-11-14(8-9-15(12)17)18-10-4-7-16(18)13-5-2-3-6-13/h8-9,11,13,16H,2-7,10,17H2,1H3. The van der Waals surface area contributed by atoms with Crippen LogP contribution < -0.4 is 10.6 Å². The molecule has 2 aliphatic rings. The zero-order valence-corrected chi connectivity index (χ0v) is 11.4. The van der Waals surface area contributed by atoms with Gasteiger partial charge in [-0.25, -0.2) is 0 Å². The molecule has 0 amide bonds. The van der Waals surface area contributed by atoms with Gasteiger partial charge in [-0.15, -0.1) is 0 Å². The van der Waals surface area contributed by atoms with E-state index in [0.29, 0.717) is 0 Å². The highest BCUT2D eigenvalue weighted by Gasteiger charge is 2.33. The third kappa shape index (κ3) is 2.09. The van der Waals surface area contributed by atoms with Crippen LogP contribution in [0.3, 0.4) is 0 Å². The van der Waals surface area contributed by atoms with Gasteiger partial charge < -0.3 is 10.6 Å². The summed E-state index contributed by atoms with van der Waals surface area (Å²) in [4.78, 5) is 2.64. The van der Waals surface area contributed by atoms with Gasteiger partial charge in [0.15, 0.2) is 0 Å². The SMILES string of the molecule is Cc1cc(N2CCCC2C2CCCC2)ccc1N. The molecule has 1 atom stereocenters. The van der Waals surface area contributed by atoms with E-state index in [2.05, 4.69) is 30.0 Å². The molecular formula is C16H24N2. The van der Waals surface area contributed by atoms with Gasteiger partial charge in [-0.05, 0) is 62.3 Å². The fourth-order valence-corrected chi connectivity index (χ4v) is 3.78. The van der Waals surface area contributed by atoms with Crippen LogP contribution in [0.2, 0.25) is 0 Å². The van der Waals surface area contributed by atoms with E-state index in [1.54, 1.807) is 0 Å². The molecule has 0 bridgehead atoms. The first-order valence-corrected chi connectivity index (χ1v) is 7.38. The van der Waals surface area contributed by atoms with Gasteiger partial charge in [0, 0.05) is 24.0 Å². The van der Waals surface area contributed by atoms with Gasteiger partial charge in [0.05, 0.1) is 0 Å². The van der Waals surface area contributed by atoms with Crippen molar-refractivity contribution in [2.24, 2.45) is 5.92 Å². The van der Waals surface area contributed by atoms with Crippen molar-refractivity contribution in [1.29, 1.82) is 0 Å². The van der Waals surface area contributed by atoms with Crippen molar-refractivity contribution in [3.63, 3.8) is 0 Å². The Bertz CT molecular complexity index is 421. The number of nitrogen functional groups attached to an aromatic ring is 1. The molecule has 1 saturated carbocycles. The first-order valence-electron chi connectivity index (χ1n) is 7.38. The Morgan fingerprint density at radius 3 is 2.61 bits per heavy atom. The van der Waals surface area contributed by atoms with E-state index in [-0.39, 0.29) is 0 Å². The maximum atomic E-state index is 5.93. The van der Waals surface area contributed by atoms with Crippen molar-refractivity contribution < 1.29 is 0 Å². The van der Waals surface area contributed by atoms with Crippen LogP contribution in [-0.4, -0.2) is 12.6 Å². The lowest BCUT2D eigenvalue weighted by molar-refractivity contribution is 0.431. The summed E-state index contributed by atoms with van der Waals surface area (Å²) < 4.78 is 0. The molecule has 18 heavy (non-hydrogen) atoms. The molecule has 1 aromatic carbocycles. The van der Waals surface area contributed by atoms with Crippen LogP contribution in [0.1, 0.15) is 44.1 Å². The second kappa shape index (κ2) is 4.83. The third-order valence-corrected chi connectivity index (χ3v) is 4.83. The number of hydrogen-bond acceptors (Lipinski definition) is 2. The number of hydrogen-bond donors (Lipinski definition) is 1. The summed E-state index contributed by atoms with van der Waals surface area (Å²) in [6.07, 6.45) is 8.49. The lowest BCUT2D eigenvalue weighted by Crippen LogP contribution is -2.34. The van der Waals surface area contributed by atoms with Crippen molar-refractivity contribution in [2.45, 2.75) is 51.5 Å². The van der Waals surface area contributed by atoms with E-state index < -0.39 is 0 Å². The van der Waals surface area contributed by atoms with Crippen LogP contribution in [0.5, 0.6) is 0 Å². The number of nitrogens with two attached hydrogens (primary N) is 1. The third-order valence-electron chi connectivity index (χ3n) is 4.83. The summed E-state index contributed by atoms with van der Waals surface area (Å²) in [7, 11) is 0. The Labute approximate surface area is 110 Å². The molecule has 2 N–H and O–H groups in total. The number of aryl methyl sites for hydroxylation is 1. The maximum Gasteiger partial charge on any atom is 0.0372 e. The number of benzene rings is 1. The first kappa shape index (κ1) is 11.9. The zero-order chi connectivity index (χ0) is 12.5. The Hall–Kier alpha value is -1.18. The topological polar surface area (TPSA) is 29.3 Å². The molecule has 1 aromatic rings. The summed E-state index contributed by atoms with van der Waals surface area (Å²) in [6, 6.07) is 7.32. The van der Waals surface area contributed by atoms with E-state index in [9.17, 15) is 0 Å². The largest absolute Gasteiger partial charge is 0.399 e. The van der Waals surface area contributed by atoms with E-state index in [4.69, 9.17) is 5.73 Å². The molecule has 0 radical (unpaired) electrons. The molecule has 1 aliphatic carbocycles. The zero-order valence-electron chi connectivity index (χ0n) is 11.4. The fraction of sp³-hybridized carbons (Fsp3) is 0.625. The second-order valence-electron chi connectivity index (χ2n) is 5.99. The predicted octanol–water partition coefficient (Wildman–Crippen LogP) is 3.74. The highest BCUT2D eigenvalue weighted by atomic mass is 15.2. The van der Waals surface area contributed by atoms with Crippen molar-refractivity contribution in [2.75, 3.05) is 17.2 Å².